The van der Waals surface area contributed by atoms with Crippen LogP contribution in [-0.2, 0) is 17.1 Å². The van der Waals surface area contributed by atoms with E-state index in [1.807, 2.05) is 31.6 Å². The van der Waals surface area contributed by atoms with Gasteiger partial charge in [-0.3, -0.25) is 9.48 Å². The van der Waals surface area contributed by atoms with Gasteiger partial charge < -0.3 is 10.8 Å². The number of aliphatic carboxylic acids is 1. The summed E-state index contributed by atoms with van der Waals surface area (Å²) in [7, 11) is 0. The molecule has 0 fully saturated rings. The van der Waals surface area contributed by atoms with Gasteiger partial charge in [0.15, 0.2) is 0 Å². The van der Waals surface area contributed by atoms with Gasteiger partial charge in [-0.1, -0.05) is 0 Å². The molecule has 6 heteroatoms. The molecule has 0 aliphatic rings. The number of carboxylic acid groups (broad SMARTS) is 1. The van der Waals surface area contributed by atoms with Crippen molar-refractivity contribution >= 4 is 17.7 Å². The van der Waals surface area contributed by atoms with Crippen LogP contribution in [0, 0.1) is 0 Å². The Hall–Kier alpha value is -1.01. The van der Waals surface area contributed by atoms with Crippen molar-refractivity contribution < 1.29 is 9.90 Å². The summed E-state index contributed by atoms with van der Waals surface area (Å²) in [5, 5.41) is 13.1. The van der Waals surface area contributed by atoms with Crippen LogP contribution in [0.2, 0.25) is 0 Å². The van der Waals surface area contributed by atoms with Gasteiger partial charge in [0.25, 0.3) is 0 Å². The largest absolute Gasteiger partial charge is 0.480 e. The van der Waals surface area contributed by atoms with Gasteiger partial charge in [-0.2, -0.15) is 5.10 Å². The Morgan fingerprint density at radius 2 is 2.35 bits per heavy atom. The first kappa shape index (κ1) is 14.1. The summed E-state index contributed by atoms with van der Waals surface area (Å²) in [6.07, 6.45) is 3.77. The lowest BCUT2D eigenvalue weighted by Crippen LogP contribution is -2.46. The average molecular weight is 257 g/mol. The summed E-state index contributed by atoms with van der Waals surface area (Å²) < 4.78 is 1.35. The SMILES string of the molecule is CCn1cc(CSC(C)(C)[C@H](N)C(=O)O)cn1. The Kier molecular flexibility index (Phi) is 4.59. The van der Waals surface area contributed by atoms with Crippen LogP contribution in [0.1, 0.15) is 26.3 Å². The number of thioether (sulfide) groups is 1. The van der Waals surface area contributed by atoms with Gasteiger partial charge in [0.2, 0.25) is 0 Å². The molecule has 96 valence electrons. The van der Waals surface area contributed by atoms with Gasteiger partial charge in [0.05, 0.1) is 6.20 Å². The highest BCUT2D eigenvalue weighted by Crippen LogP contribution is 2.30. The van der Waals surface area contributed by atoms with Crippen LogP contribution >= 0.6 is 11.8 Å². The van der Waals surface area contributed by atoms with Crippen molar-refractivity contribution in [2.75, 3.05) is 0 Å². The molecule has 0 saturated carbocycles. The van der Waals surface area contributed by atoms with Crippen molar-refractivity contribution in [3.63, 3.8) is 0 Å². The number of nitrogens with zero attached hydrogens (tertiary/aromatic N) is 2. The molecule has 1 aromatic rings. The lowest BCUT2D eigenvalue weighted by atomic mass is 10.1. The van der Waals surface area contributed by atoms with E-state index < -0.39 is 16.8 Å². The molecule has 1 rings (SSSR count). The maximum absolute atomic E-state index is 10.9. The van der Waals surface area contributed by atoms with E-state index >= 15 is 0 Å². The minimum absolute atomic E-state index is 0.500. The zero-order valence-corrected chi connectivity index (χ0v) is 11.2. The Labute approximate surface area is 105 Å². The van der Waals surface area contributed by atoms with Crippen LogP contribution in [0.5, 0.6) is 0 Å². The van der Waals surface area contributed by atoms with E-state index in [1.165, 1.54) is 11.8 Å². The minimum Gasteiger partial charge on any atom is -0.480 e. The summed E-state index contributed by atoms with van der Waals surface area (Å²) in [6.45, 7) is 6.55. The molecule has 0 unspecified atom stereocenters. The highest BCUT2D eigenvalue weighted by molar-refractivity contribution is 7.99. The lowest BCUT2D eigenvalue weighted by Gasteiger charge is -2.27. The molecule has 0 aromatic carbocycles. The number of aromatic nitrogens is 2. The summed E-state index contributed by atoms with van der Waals surface area (Å²) in [5.74, 6) is -0.250. The molecule has 1 heterocycles. The van der Waals surface area contributed by atoms with Gasteiger partial charge in [-0.15, -0.1) is 11.8 Å². The number of nitrogens with two attached hydrogens (primary N) is 1. The van der Waals surface area contributed by atoms with E-state index in [4.69, 9.17) is 10.8 Å². The van der Waals surface area contributed by atoms with Crippen LogP contribution < -0.4 is 5.73 Å². The molecule has 0 radical (unpaired) electrons. The molecule has 17 heavy (non-hydrogen) atoms. The van der Waals surface area contributed by atoms with Crippen molar-refractivity contribution in [3.8, 4) is 0 Å². The molecule has 0 spiro atoms. The van der Waals surface area contributed by atoms with Crippen molar-refractivity contribution in [1.29, 1.82) is 0 Å². The van der Waals surface area contributed by atoms with Gasteiger partial charge >= 0.3 is 5.97 Å². The Morgan fingerprint density at radius 1 is 1.71 bits per heavy atom. The minimum atomic E-state index is -0.966. The van der Waals surface area contributed by atoms with Crippen LogP contribution in [-0.4, -0.2) is 31.6 Å². The van der Waals surface area contributed by atoms with Gasteiger partial charge in [-0.05, 0) is 26.3 Å². The lowest BCUT2D eigenvalue weighted by molar-refractivity contribution is -0.139. The highest BCUT2D eigenvalue weighted by atomic mass is 32.2. The maximum atomic E-state index is 10.9. The fraction of sp³-hybridized carbons (Fsp3) is 0.636. The molecule has 1 atom stereocenters. The van der Waals surface area contributed by atoms with Gasteiger partial charge in [0, 0.05) is 23.2 Å². The zero-order chi connectivity index (χ0) is 13.1. The number of rotatable bonds is 6. The molecule has 1 aromatic heterocycles. The summed E-state index contributed by atoms with van der Waals surface area (Å²) in [6, 6.07) is -0.867. The average Bonchev–Trinajstić information content (AvgIpc) is 2.73. The molecular weight excluding hydrogens is 238 g/mol. The summed E-state index contributed by atoms with van der Waals surface area (Å²) in [4.78, 5) is 10.9. The quantitative estimate of drug-likeness (QED) is 0.803. The van der Waals surface area contributed by atoms with Crippen molar-refractivity contribution in [2.24, 2.45) is 5.73 Å². The summed E-state index contributed by atoms with van der Waals surface area (Å²) in [5.41, 5.74) is 6.73. The second-order valence-electron chi connectivity index (χ2n) is 4.41. The van der Waals surface area contributed by atoms with E-state index in [1.54, 1.807) is 6.20 Å². The second-order valence-corrected chi connectivity index (χ2v) is 6.04. The third-order valence-corrected chi connectivity index (χ3v) is 4.11. The molecule has 0 amide bonds. The number of hydrogen-bond acceptors (Lipinski definition) is 4. The first-order valence-corrected chi connectivity index (χ1v) is 6.49. The standard InChI is InChI=1S/C11H19N3O2S/c1-4-14-6-8(5-13-14)7-17-11(2,3)9(12)10(15)16/h5-6,9H,4,7,12H2,1-3H3,(H,15,16)/t9-/m1/s1. The molecule has 0 aliphatic heterocycles. The van der Waals surface area contributed by atoms with Gasteiger partial charge in [-0.25, -0.2) is 0 Å². The van der Waals surface area contributed by atoms with E-state index in [9.17, 15) is 4.79 Å². The predicted octanol–water partition coefficient (Wildman–Crippen LogP) is 1.33. The molecule has 0 aliphatic carbocycles. The Bertz CT molecular complexity index is 390. The maximum Gasteiger partial charge on any atom is 0.321 e. The smallest absolute Gasteiger partial charge is 0.321 e. The normalized spacial score (nSPS) is 13.6. The fourth-order valence-corrected chi connectivity index (χ4v) is 2.28. The number of carboxylic acids is 1. The summed E-state index contributed by atoms with van der Waals surface area (Å²) >= 11 is 1.53. The Balaban J connectivity index is 2.57. The fourth-order valence-electron chi connectivity index (χ4n) is 1.31. The van der Waals surface area contributed by atoms with E-state index in [0.717, 1.165) is 12.1 Å². The number of carbonyl (C=O) groups is 1. The first-order chi connectivity index (χ1) is 7.86. The topological polar surface area (TPSA) is 81.1 Å². The van der Waals surface area contributed by atoms with Crippen LogP contribution in [0.3, 0.4) is 0 Å². The van der Waals surface area contributed by atoms with Crippen molar-refractivity contribution in [2.45, 2.75) is 43.9 Å². The van der Waals surface area contributed by atoms with Crippen LogP contribution in [0.4, 0.5) is 0 Å². The molecule has 5 nitrogen and oxygen atoms in total. The molecule has 0 bridgehead atoms. The number of hydrogen-bond donors (Lipinski definition) is 2. The first-order valence-electron chi connectivity index (χ1n) is 5.50. The van der Waals surface area contributed by atoms with E-state index in [2.05, 4.69) is 5.10 Å². The molecule has 3 N–H and O–H groups in total. The van der Waals surface area contributed by atoms with Crippen molar-refractivity contribution in [1.82, 2.24) is 9.78 Å². The number of aryl methyl sites for hydroxylation is 1. The van der Waals surface area contributed by atoms with Crippen LogP contribution in [0.15, 0.2) is 12.4 Å². The molecule has 0 saturated heterocycles. The van der Waals surface area contributed by atoms with Gasteiger partial charge in [0.1, 0.15) is 6.04 Å². The van der Waals surface area contributed by atoms with Crippen LogP contribution in [0.25, 0.3) is 0 Å². The predicted molar refractivity (Wildman–Crippen MR) is 68.9 cm³/mol. The van der Waals surface area contributed by atoms with Crippen molar-refractivity contribution in [3.05, 3.63) is 18.0 Å². The second kappa shape index (κ2) is 5.55. The van der Waals surface area contributed by atoms with E-state index in [0.29, 0.717) is 5.75 Å². The monoisotopic (exact) mass is 257 g/mol. The zero-order valence-electron chi connectivity index (χ0n) is 10.4. The van der Waals surface area contributed by atoms with E-state index in [-0.39, 0.29) is 0 Å². The molecular formula is C11H19N3O2S. The highest BCUT2D eigenvalue weighted by Gasteiger charge is 2.32. The third-order valence-electron chi connectivity index (χ3n) is 2.64. The third kappa shape index (κ3) is 3.74. The Morgan fingerprint density at radius 3 is 2.82 bits per heavy atom.